The highest BCUT2D eigenvalue weighted by Crippen LogP contribution is 2.25. The Hall–Kier alpha value is -2.99. The average molecular weight is 442 g/mol. The summed E-state index contributed by atoms with van der Waals surface area (Å²) in [5, 5.41) is 8.07. The molecule has 0 fully saturated rings. The average Bonchev–Trinajstić information content (AvgIpc) is 3.25. The molecule has 6 nitrogen and oxygen atoms in total. The highest BCUT2D eigenvalue weighted by atomic mass is 35.5. The first-order chi connectivity index (χ1) is 14.8. The summed E-state index contributed by atoms with van der Waals surface area (Å²) in [5.41, 5.74) is 1.18. The fourth-order valence-electron chi connectivity index (χ4n) is 3.10. The predicted octanol–water partition coefficient (Wildman–Crippen LogP) is 4.97. The van der Waals surface area contributed by atoms with Crippen LogP contribution in [0.25, 0.3) is 0 Å². The molecule has 0 bridgehead atoms. The number of carbonyl (C=O) groups excluding carboxylic acids is 1. The second-order valence-electron chi connectivity index (χ2n) is 8.39. The van der Waals surface area contributed by atoms with Crippen molar-refractivity contribution in [3.8, 4) is 11.5 Å². The number of aromatic nitrogens is 2. The van der Waals surface area contributed by atoms with Crippen molar-refractivity contribution in [2.45, 2.75) is 40.0 Å². The third-order valence-electron chi connectivity index (χ3n) is 5.03. The topological polar surface area (TPSA) is 65.4 Å². The molecule has 0 unspecified atom stereocenters. The van der Waals surface area contributed by atoms with E-state index in [1.807, 2.05) is 16.9 Å². The lowest BCUT2D eigenvalue weighted by Crippen LogP contribution is -2.46. The van der Waals surface area contributed by atoms with Gasteiger partial charge in [0.05, 0.1) is 19.7 Å². The summed E-state index contributed by atoms with van der Waals surface area (Å²) in [6.07, 6.45) is 3.63. The van der Waals surface area contributed by atoms with Gasteiger partial charge in [-0.05, 0) is 53.9 Å². The van der Waals surface area contributed by atoms with Gasteiger partial charge in [0, 0.05) is 28.5 Å². The van der Waals surface area contributed by atoms with Gasteiger partial charge in [-0.25, -0.2) is 0 Å². The van der Waals surface area contributed by atoms with Gasteiger partial charge in [-0.2, -0.15) is 5.10 Å². The van der Waals surface area contributed by atoms with E-state index in [2.05, 4.69) is 31.2 Å². The van der Waals surface area contributed by atoms with Gasteiger partial charge >= 0.3 is 0 Å². The van der Waals surface area contributed by atoms with Gasteiger partial charge in [0.15, 0.2) is 0 Å². The van der Waals surface area contributed by atoms with Crippen LogP contribution in [0.3, 0.4) is 0 Å². The predicted molar refractivity (Wildman–Crippen MR) is 122 cm³/mol. The molecule has 31 heavy (non-hydrogen) atoms. The number of amides is 1. The van der Waals surface area contributed by atoms with Crippen LogP contribution in [0.4, 0.5) is 0 Å². The minimum atomic E-state index is -0.150. The van der Waals surface area contributed by atoms with Crippen LogP contribution in [-0.4, -0.2) is 28.8 Å². The number of methoxy groups -OCH3 is 1. The van der Waals surface area contributed by atoms with Gasteiger partial charge in [0.1, 0.15) is 18.1 Å². The first kappa shape index (κ1) is 22.7. The van der Waals surface area contributed by atoms with E-state index >= 15 is 0 Å². The van der Waals surface area contributed by atoms with E-state index in [0.717, 1.165) is 5.56 Å². The highest BCUT2D eigenvalue weighted by Gasteiger charge is 2.27. The van der Waals surface area contributed by atoms with Crippen LogP contribution in [0.1, 0.15) is 36.7 Å². The number of ether oxygens (including phenoxy) is 2. The van der Waals surface area contributed by atoms with E-state index in [1.165, 1.54) is 0 Å². The van der Waals surface area contributed by atoms with Crippen LogP contribution in [-0.2, 0) is 13.2 Å². The maximum Gasteiger partial charge on any atom is 0.251 e. The van der Waals surface area contributed by atoms with Crippen molar-refractivity contribution < 1.29 is 14.3 Å². The molecule has 0 aliphatic rings. The Labute approximate surface area is 188 Å². The second-order valence-corrected chi connectivity index (χ2v) is 8.83. The Morgan fingerprint density at radius 3 is 2.55 bits per heavy atom. The lowest BCUT2D eigenvalue weighted by Gasteiger charge is -2.31. The molecule has 3 aromatic rings. The van der Waals surface area contributed by atoms with Crippen LogP contribution in [0.5, 0.6) is 11.5 Å². The molecule has 0 aliphatic carbocycles. The van der Waals surface area contributed by atoms with Gasteiger partial charge < -0.3 is 14.8 Å². The number of hydrogen-bond acceptors (Lipinski definition) is 4. The SMILES string of the molecule is COc1ccc(C(=O)N[C@H](Cn2cccn2)C(C)(C)C)cc1COc1ccc(Cl)cc1. The quantitative estimate of drug-likeness (QED) is 0.536. The first-order valence-electron chi connectivity index (χ1n) is 10.1. The maximum absolute atomic E-state index is 13.1. The second kappa shape index (κ2) is 9.88. The third-order valence-corrected chi connectivity index (χ3v) is 5.28. The fourth-order valence-corrected chi connectivity index (χ4v) is 3.22. The number of halogens is 1. The van der Waals surface area contributed by atoms with E-state index in [-0.39, 0.29) is 24.0 Å². The number of nitrogens with zero attached hydrogens (tertiary/aromatic N) is 2. The van der Waals surface area contributed by atoms with Crippen LogP contribution >= 0.6 is 11.6 Å². The molecule has 0 saturated heterocycles. The van der Waals surface area contributed by atoms with Gasteiger partial charge in [-0.3, -0.25) is 9.48 Å². The van der Waals surface area contributed by atoms with E-state index < -0.39 is 0 Å². The molecule has 1 amide bonds. The molecular formula is C24H28ClN3O3. The Morgan fingerprint density at radius 2 is 1.94 bits per heavy atom. The van der Waals surface area contributed by atoms with Crippen molar-refractivity contribution in [1.29, 1.82) is 0 Å². The largest absolute Gasteiger partial charge is 0.496 e. The van der Waals surface area contributed by atoms with Gasteiger partial charge in [-0.15, -0.1) is 0 Å². The van der Waals surface area contributed by atoms with Crippen LogP contribution in [0.2, 0.25) is 5.02 Å². The molecule has 0 aliphatic heterocycles. The standard InChI is InChI=1S/C24H28ClN3O3/c1-24(2,3)22(15-28-13-5-12-26-28)27-23(29)17-6-11-21(30-4)18(14-17)16-31-20-9-7-19(25)8-10-20/h5-14,22H,15-16H2,1-4H3,(H,27,29)/t22-/m1/s1. The van der Waals surface area contributed by atoms with Crippen LogP contribution in [0.15, 0.2) is 60.9 Å². The van der Waals surface area contributed by atoms with Crippen molar-refractivity contribution in [1.82, 2.24) is 15.1 Å². The minimum absolute atomic E-state index is 0.101. The summed E-state index contributed by atoms with van der Waals surface area (Å²) < 4.78 is 13.1. The third kappa shape index (κ3) is 6.25. The molecule has 7 heteroatoms. The summed E-state index contributed by atoms with van der Waals surface area (Å²) in [7, 11) is 1.60. The molecular weight excluding hydrogens is 414 g/mol. The minimum Gasteiger partial charge on any atom is -0.496 e. The van der Waals surface area contributed by atoms with E-state index in [9.17, 15) is 4.79 Å². The summed E-state index contributed by atoms with van der Waals surface area (Å²) in [5.74, 6) is 1.20. The molecule has 0 saturated carbocycles. The summed E-state index contributed by atoms with van der Waals surface area (Å²) in [6.45, 7) is 7.15. The van der Waals surface area contributed by atoms with E-state index in [4.69, 9.17) is 21.1 Å². The zero-order valence-electron chi connectivity index (χ0n) is 18.3. The lowest BCUT2D eigenvalue weighted by molar-refractivity contribution is 0.0890. The molecule has 164 valence electrons. The van der Waals surface area contributed by atoms with Crippen LogP contribution in [0, 0.1) is 5.41 Å². The van der Waals surface area contributed by atoms with Gasteiger partial charge in [0.2, 0.25) is 0 Å². The molecule has 2 aromatic carbocycles. The smallest absolute Gasteiger partial charge is 0.251 e. The Bertz CT molecular complexity index is 996. The monoisotopic (exact) mass is 441 g/mol. The Morgan fingerprint density at radius 1 is 1.19 bits per heavy atom. The first-order valence-corrected chi connectivity index (χ1v) is 10.5. The molecule has 0 spiro atoms. The Balaban J connectivity index is 1.75. The fraction of sp³-hybridized carbons (Fsp3) is 0.333. The molecule has 1 aromatic heterocycles. The number of rotatable bonds is 8. The number of hydrogen-bond donors (Lipinski definition) is 1. The molecule has 3 rings (SSSR count). The van der Waals surface area contributed by atoms with E-state index in [0.29, 0.717) is 28.6 Å². The number of benzene rings is 2. The number of carbonyl (C=O) groups is 1. The molecule has 0 radical (unpaired) electrons. The zero-order valence-corrected chi connectivity index (χ0v) is 19.0. The van der Waals surface area contributed by atoms with Gasteiger partial charge in [0.25, 0.3) is 5.91 Å². The molecule has 1 atom stereocenters. The van der Waals surface area contributed by atoms with Crippen molar-refractivity contribution in [3.63, 3.8) is 0 Å². The van der Waals surface area contributed by atoms with Crippen molar-refractivity contribution >= 4 is 17.5 Å². The van der Waals surface area contributed by atoms with Crippen LogP contribution < -0.4 is 14.8 Å². The Kier molecular flexibility index (Phi) is 7.23. The van der Waals surface area contributed by atoms with Crippen molar-refractivity contribution in [3.05, 3.63) is 77.1 Å². The molecule has 1 heterocycles. The normalized spacial score (nSPS) is 12.3. The van der Waals surface area contributed by atoms with Crippen molar-refractivity contribution in [2.24, 2.45) is 5.41 Å². The summed E-state index contributed by atoms with van der Waals surface area (Å²) in [6, 6.07) is 14.3. The van der Waals surface area contributed by atoms with Crippen molar-refractivity contribution in [2.75, 3.05) is 7.11 Å². The van der Waals surface area contributed by atoms with E-state index in [1.54, 1.807) is 55.8 Å². The van der Waals surface area contributed by atoms with Gasteiger partial charge in [-0.1, -0.05) is 32.4 Å². The zero-order chi connectivity index (χ0) is 22.4. The number of nitrogens with one attached hydrogen (secondary N) is 1. The summed E-state index contributed by atoms with van der Waals surface area (Å²) in [4.78, 5) is 13.1. The molecule has 1 N–H and O–H groups in total. The highest BCUT2D eigenvalue weighted by molar-refractivity contribution is 6.30. The maximum atomic E-state index is 13.1. The lowest BCUT2D eigenvalue weighted by atomic mass is 9.86. The summed E-state index contributed by atoms with van der Waals surface area (Å²) >= 11 is 5.92.